The number of aryl methyl sites for hydroxylation is 1. The average Bonchev–Trinajstić information content (AvgIpc) is 3.33. The summed E-state index contributed by atoms with van der Waals surface area (Å²) in [6.45, 7) is 11.3. The summed E-state index contributed by atoms with van der Waals surface area (Å²) in [5.74, 6) is -0.133. The molecule has 0 aliphatic carbocycles. The van der Waals surface area contributed by atoms with Gasteiger partial charge in [0.25, 0.3) is 5.91 Å². The molecular weight excluding hydrogens is 472 g/mol. The van der Waals surface area contributed by atoms with Crippen LogP contribution in [0.4, 0.5) is 9.93 Å². The minimum absolute atomic E-state index is 0.0640. The number of amides is 3. The average molecular weight is 507 g/mol. The smallest absolute Gasteiger partial charge is 0.317 e. The van der Waals surface area contributed by atoms with Gasteiger partial charge in [-0.3, -0.25) is 15.1 Å². The summed E-state index contributed by atoms with van der Waals surface area (Å²) in [7, 11) is 0. The Balaban J connectivity index is 1.41. The van der Waals surface area contributed by atoms with Crippen LogP contribution in [-0.2, 0) is 5.41 Å². The molecule has 1 aromatic carbocycles. The first-order valence-corrected chi connectivity index (χ1v) is 13.2. The van der Waals surface area contributed by atoms with Crippen molar-refractivity contribution in [1.82, 2.24) is 25.4 Å². The molecule has 4 rings (SSSR count). The predicted molar refractivity (Wildman–Crippen MR) is 142 cm³/mol. The quantitative estimate of drug-likeness (QED) is 0.480. The molecule has 3 aromatic rings. The first-order chi connectivity index (χ1) is 17.1. The van der Waals surface area contributed by atoms with Gasteiger partial charge in [-0.05, 0) is 44.4 Å². The second kappa shape index (κ2) is 10.7. The summed E-state index contributed by atoms with van der Waals surface area (Å²) in [5, 5.41) is 15.7. The maximum Gasteiger partial charge on any atom is 0.317 e. The molecule has 0 radical (unpaired) electrons. The molecular formula is C27H34N6O2S. The Morgan fingerprint density at radius 2 is 1.75 bits per heavy atom. The first-order valence-electron chi connectivity index (χ1n) is 12.3. The Bertz CT molecular complexity index is 1210. The van der Waals surface area contributed by atoms with E-state index in [0.717, 1.165) is 34.8 Å². The number of nitrogens with zero attached hydrogens (tertiary/aromatic N) is 4. The summed E-state index contributed by atoms with van der Waals surface area (Å²) in [6, 6.07) is 13.5. The first kappa shape index (κ1) is 25.8. The maximum atomic E-state index is 13.2. The third-order valence-electron chi connectivity index (χ3n) is 6.40. The van der Waals surface area contributed by atoms with Crippen LogP contribution in [0.3, 0.4) is 0 Å². The molecule has 1 aliphatic rings. The zero-order valence-corrected chi connectivity index (χ0v) is 22.4. The molecule has 2 N–H and O–H groups in total. The van der Waals surface area contributed by atoms with Gasteiger partial charge in [0, 0.05) is 30.1 Å². The maximum absolute atomic E-state index is 13.2. The van der Waals surface area contributed by atoms with E-state index in [0.29, 0.717) is 23.8 Å². The SMILES string of the molecule is Cc1ccc(C(=O)Nc2nnc(C(C)(C)C)s2)c(C2CCN(C(=O)NC(C)c3ccccc3)CC2)n1. The third kappa shape index (κ3) is 6.07. The van der Waals surface area contributed by atoms with E-state index >= 15 is 0 Å². The normalized spacial score (nSPS) is 15.4. The van der Waals surface area contributed by atoms with E-state index in [1.54, 1.807) is 0 Å². The Hall–Kier alpha value is -3.33. The summed E-state index contributed by atoms with van der Waals surface area (Å²) in [5.41, 5.74) is 3.14. The van der Waals surface area contributed by atoms with E-state index < -0.39 is 0 Å². The molecule has 9 heteroatoms. The number of urea groups is 1. The lowest BCUT2D eigenvalue weighted by Crippen LogP contribution is -2.45. The number of nitrogens with one attached hydrogen (secondary N) is 2. The van der Waals surface area contributed by atoms with Crippen LogP contribution in [-0.4, -0.2) is 45.1 Å². The Morgan fingerprint density at radius 3 is 2.39 bits per heavy atom. The fraction of sp³-hybridized carbons (Fsp3) is 0.444. The van der Waals surface area contributed by atoms with Gasteiger partial charge in [0.2, 0.25) is 5.13 Å². The van der Waals surface area contributed by atoms with Gasteiger partial charge in [0.15, 0.2) is 0 Å². The van der Waals surface area contributed by atoms with Crippen LogP contribution in [0.25, 0.3) is 0 Å². The molecule has 1 unspecified atom stereocenters. The molecule has 36 heavy (non-hydrogen) atoms. The van der Waals surface area contributed by atoms with Gasteiger partial charge in [-0.15, -0.1) is 10.2 Å². The minimum Gasteiger partial charge on any atom is -0.331 e. The molecule has 3 amide bonds. The van der Waals surface area contributed by atoms with Crippen molar-refractivity contribution in [3.05, 3.63) is 70.0 Å². The molecule has 2 aromatic heterocycles. The van der Waals surface area contributed by atoms with E-state index in [1.165, 1.54) is 11.3 Å². The highest BCUT2D eigenvalue weighted by atomic mass is 32.1. The van der Waals surface area contributed by atoms with Gasteiger partial charge >= 0.3 is 6.03 Å². The molecule has 1 aliphatic heterocycles. The molecule has 1 fully saturated rings. The fourth-order valence-corrected chi connectivity index (χ4v) is 5.08. The summed E-state index contributed by atoms with van der Waals surface area (Å²) < 4.78 is 0. The van der Waals surface area contributed by atoms with Crippen LogP contribution in [0.2, 0.25) is 0 Å². The number of pyridine rings is 1. The number of piperidine rings is 1. The van der Waals surface area contributed by atoms with Gasteiger partial charge in [-0.1, -0.05) is 62.4 Å². The van der Waals surface area contributed by atoms with Gasteiger partial charge < -0.3 is 10.2 Å². The molecule has 1 atom stereocenters. The third-order valence-corrected chi connectivity index (χ3v) is 7.67. The number of benzene rings is 1. The van der Waals surface area contributed by atoms with Crippen molar-refractivity contribution in [1.29, 1.82) is 0 Å². The standard InChI is InChI=1S/C27H34N6O2S/c1-17-11-12-21(23(34)30-25-32-31-24(36-25)27(3,4)5)22(28-17)20-13-15-33(16-14-20)26(35)29-18(2)19-9-7-6-8-10-19/h6-12,18,20H,13-16H2,1-5H3,(H,29,35)(H,30,32,34). The summed E-state index contributed by atoms with van der Waals surface area (Å²) >= 11 is 1.39. The van der Waals surface area contributed by atoms with Crippen molar-refractivity contribution in [3.63, 3.8) is 0 Å². The van der Waals surface area contributed by atoms with Gasteiger partial charge in [-0.25, -0.2) is 4.79 Å². The fourth-order valence-electron chi connectivity index (χ4n) is 4.28. The van der Waals surface area contributed by atoms with E-state index in [1.807, 2.05) is 61.2 Å². The van der Waals surface area contributed by atoms with Crippen molar-refractivity contribution in [3.8, 4) is 0 Å². The van der Waals surface area contributed by atoms with Crippen molar-refractivity contribution in [2.24, 2.45) is 0 Å². The largest absolute Gasteiger partial charge is 0.331 e. The molecule has 0 spiro atoms. The molecule has 3 heterocycles. The second-order valence-electron chi connectivity index (χ2n) is 10.3. The summed E-state index contributed by atoms with van der Waals surface area (Å²) in [6.07, 6.45) is 1.49. The van der Waals surface area contributed by atoms with Crippen molar-refractivity contribution in [2.75, 3.05) is 18.4 Å². The van der Waals surface area contributed by atoms with Crippen molar-refractivity contribution in [2.45, 2.75) is 64.8 Å². The van der Waals surface area contributed by atoms with Gasteiger partial charge in [-0.2, -0.15) is 0 Å². The number of carbonyl (C=O) groups excluding carboxylic acids is 2. The lowest BCUT2D eigenvalue weighted by atomic mass is 9.90. The van der Waals surface area contributed by atoms with E-state index in [-0.39, 0.29) is 29.3 Å². The van der Waals surface area contributed by atoms with Crippen LogP contribution < -0.4 is 10.6 Å². The lowest BCUT2D eigenvalue weighted by Gasteiger charge is -2.33. The highest BCUT2D eigenvalue weighted by molar-refractivity contribution is 7.15. The minimum atomic E-state index is -0.231. The van der Waals surface area contributed by atoms with Crippen molar-refractivity contribution >= 4 is 28.4 Å². The molecule has 0 saturated carbocycles. The van der Waals surface area contributed by atoms with E-state index in [2.05, 4.69) is 41.6 Å². The highest BCUT2D eigenvalue weighted by Crippen LogP contribution is 2.31. The number of rotatable bonds is 5. The number of anilines is 1. The Morgan fingerprint density at radius 1 is 1.06 bits per heavy atom. The van der Waals surface area contributed by atoms with Crippen LogP contribution in [0.1, 0.15) is 84.8 Å². The summed E-state index contributed by atoms with van der Waals surface area (Å²) in [4.78, 5) is 32.6. The molecule has 0 bridgehead atoms. The van der Waals surface area contributed by atoms with E-state index in [9.17, 15) is 9.59 Å². The topological polar surface area (TPSA) is 100 Å². The zero-order valence-electron chi connectivity index (χ0n) is 21.5. The lowest BCUT2D eigenvalue weighted by molar-refractivity contribution is 0.102. The predicted octanol–water partition coefficient (Wildman–Crippen LogP) is 5.44. The monoisotopic (exact) mass is 506 g/mol. The number of aromatic nitrogens is 3. The zero-order chi connectivity index (χ0) is 25.9. The van der Waals surface area contributed by atoms with Crippen LogP contribution in [0, 0.1) is 6.92 Å². The van der Waals surface area contributed by atoms with E-state index in [4.69, 9.17) is 4.98 Å². The number of hydrogen-bond donors (Lipinski definition) is 2. The van der Waals surface area contributed by atoms with Crippen LogP contribution in [0.15, 0.2) is 42.5 Å². The number of carbonyl (C=O) groups is 2. The Labute approximate surface area is 216 Å². The molecule has 8 nitrogen and oxygen atoms in total. The van der Waals surface area contributed by atoms with Crippen molar-refractivity contribution < 1.29 is 9.59 Å². The number of likely N-dealkylation sites (tertiary alicyclic amines) is 1. The molecule has 190 valence electrons. The van der Waals surface area contributed by atoms with Gasteiger partial charge in [0.1, 0.15) is 5.01 Å². The molecule has 1 saturated heterocycles. The Kier molecular flexibility index (Phi) is 7.68. The number of hydrogen-bond acceptors (Lipinski definition) is 6. The van der Waals surface area contributed by atoms with Crippen LogP contribution >= 0.6 is 11.3 Å². The highest BCUT2D eigenvalue weighted by Gasteiger charge is 2.29. The van der Waals surface area contributed by atoms with Gasteiger partial charge in [0.05, 0.1) is 17.3 Å². The second-order valence-corrected chi connectivity index (χ2v) is 11.3. The van der Waals surface area contributed by atoms with Crippen LogP contribution in [0.5, 0.6) is 0 Å².